The summed E-state index contributed by atoms with van der Waals surface area (Å²) >= 11 is 0. The van der Waals surface area contributed by atoms with E-state index in [1.165, 1.54) is 38.9 Å². The van der Waals surface area contributed by atoms with Gasteiger partial charge in [0, 0.05) is 0 Å². The third-order valence-electron chi connectivity index (χ3n) is 4.63. The van der Waals surface area contributed by atoms with E-state index in [-0.39, 0.29) is 0 Å². The van der Waals surface area contributed by atoms with Crippen molar-refractivity contribution in [1.29, 1.82) is 0 Å². The summed E-state index contributed by atoms with van der Waals surface area (Å²) in [6.45, 7) is 6.17. The minimum absolute atomic E-state index is 1.25. The van der Waals surface area contributed by atoms with E-state index in [1.54, 1.807) is 0 Å². The molecule has 0 amide bonds. The van der Waals surface area contributed by atoms with E-state index in [9.17, 15) is 0 Å². The number of hydrogen-bond donors (Lipinski definition) is 0. The van der Waals surface area contributed by atoms with Crippen molar-refractivity contribution in [1.82, 2.24) is 0 Å². The van der Waals surface area contributed by atoms with Gasteiger partial charge < -0.3 is 0 Å². The average molecular weight is 351 g/mol. The van der Waals surface area contributed by atoms with Crippen LogP contribution in [0.15, 0.2) is 103 Å². The summed E-state index contributed by atoms with van der Waals surface area (Å²) in [7, 11) is 0. The molecule has 4 aromatic carbocycles. The Morgan fingerprint density at radius 3 is 1.52 bits per heavy atom. The van der Waals surface area contributed by atoms with Crippen LogP contribution in [0.2, 0.25) is 0 Å². The van der Waals surface area contributed by atoms with E-state index in [4.69, 9.17) is 0 Å². The second kappa shape index (κ2) is 9.00. The normalized spacial score (nSPS) is 10.0. The van der Waals surface area contributed by atoms with E-state index in [0.29, 0.717) is 0 Å². The summed E-state index contributed by atoms with van der Waals surface area (Å²) in [5, 5.41) is 0. The summed E-state index contributed by atoms with van der Waals surface area (Å²) in [5.41, 5.74) is 8.86. The largest absolute Gasteiger partial charge is 0.0683 e. The highest BCUT2D eigenvalue weighted by molar-refractivity contribution is 5.78. The molecular weight excluding hydrogens is 324 g/mol. The molecule has 27 heavy (non-hydrogen) atoms. The van der Waals surface area contributed by atoms with Crippen LogP contribution in [0.3, 0.4) is 0 Å². The summed E-state index contributed by atoms with van der Waals surface area (Å²) in [4.78, 5) is 0. The van der Waals surface area contributed by atoms with Crippen molar-refractivity contribution in [2.24, 2.45) is 0 Å². The fraction of sp³-hybridized carbons (Fsp3) is 0.111. The molecule has 0 heterocycles. The lowest BCUT2D eigenvalue weighted by molar-refractivity contribution is 1.45. The number of benzene rings is 4. The van der Waals surface area contributed by atoms with Gasteiger partial charge in [-0.25, -0.2) is 0 Å². The van der Waals surface area contributed by atoms with Crippen LogP contribution in [0.4, 0.5) is 0 Å². The lowest BCUT2D eigenvalue weighted by Crippen LogP contribution is -1.86. The maximum Gasteiger partial charge on any atom is -0.0149 e. The van der Waals surface area contributed by atoms with Crippen LogP contribution in [0.1, 0.15) is 19.4 Å². The van der Waals surface area contributed by atoms with E-state index in [2.05, 4.69) is 110 Å². The smallest absolute Gasteiger partial charge is 0.0149 e. The fourth-order valence-electron chi connectivity index (χ4n) is 3.24. The molecule has 0 N–H and O–H groups in total. The van der Waals surface area contributed by atoms with Crippen LogP contribution < -0.4 is 0 Å². The third-order valence-corrected chi connectivity index (χ3v) is 4.63. The van der Waals surface area contributed by atoms with Crippen LogP contribution in [-0.2, 0) is 0 Å². The van der Waals surface area contributed by atoms with Crippen molar-refractivity contribution in [3.05, 3.63) is 109 Å². The highest BCUT2D eigenvalue weighted by Crippen LogP contribution is 2.31. The molecule has 0 saturated carbocycles. The average Bonchev–Trinajstić information content (AvgIpc) is 2.77. The molecular formula is C27H26. The Balaban J connectivity index is 0.00000102. The number of rotatable bonds is 3. The minimum Gasteiger partial charge on any atom is -0.0683 e. The first kappa shape index (κ1) is 18.7. The Kier molecular flexibility index (Phi) is 6.22. The molecule has 0 nitrogen and oxygen atoms in total. The first-order valence-corrected chi connectivity index (χ1v) is 9.63. The highest BCUT2D eigenvalue weighted by Gasteiger charge is 2.06. The standard InChI is InChI=1S/C25H20.C2H6/c1-19-15-16-24(18-25(19)21-11-6-3-7-12-21)23-14-8-13-22(17-23)20-9-4-2-5-10-20;1-2/h2-18H,1H3;1-2H3. The van der Waals surface area contributed by atoms with Gasteiger partial charge in [0.15, 0.2) is 0 Å². The molecule has 0 heteroatoms. The SMILES string of the molecule is CC.Cc1ccc(-c2cccc(-c3ccccc3)c2)cc1-c1ccccc1. The molecule has 134 valence electrons. The van der Waals surface area contributed by atoms with E-state index < -0.39 is 0 Å². The van der Waals surface area contributed by atoms with Gasteiger partial charge in [-0.05, 0) is 58.0 Å². The molecule has 0 aliphatic carbocycles. The molecule has 0 aliphatic rings. The van der Waals surface area contributed by atoms with Crippen molar-refractivity contribution < 1.29 is 0 Å². The molecule has 4 aromatic rings. The Bertz CT molecular complexity index is 983. The Labute approximate surface area is 163 Å². The van der Waals surface area contributed by atoms with Gasteiger partial charge in [-0.3, -0.25) is 0 Å². The molecule has 0 spiro atoms. The van der Waals surface area contributed by atoms with Gasteiger partial charge in [-0.15, -0.1) is 0 Å². The van der Waals surface area contributed by atoms with Gasteiger partial charge in [-0.2, -0.15) is 0 Å². The Morgan fingerprint density at radius 1 is 0.407 bits per heavy atom. The van der Waals surface area contributed by atoms with Crippen LogP contribution in [-0.4, -0.2) is 0 Å². The summed E-state index contributed by atoms with van der Waals surface area (Å²) in [6.07, 6.45) is 0. The molecule has 0 fully saturated rings. The van der Waals surface area contributed by atoms with Gasteiger partial charge >= 0.3 is 0 Å². The van der Waals surface area contributed by atoms with Crippen molar-refractivity contribution in [2.45, 2.75) is 20.8 Å². The van der Waals surface area contributed by atoms with Crippen molar-refractivity contribution in [3.8, 4) is 33.4 Å². The van der Waals surface area contributed by atoms with Crippen molar-refractivity contribution >= 4 is 0 Å². The monoisotopic (exact) mass is 350 g/mol. The minimum atomic E-state index is 1.25. The zero-order valence-electron chi connectivity index (χ0n) is 16.3. The van der Waals surface area contributed by atoms with E-state index in [0.717, 1.165) is 0 Å². The molecule has 0 saturated heterocycles. The van der Waals surface area contributed by atoms with Gasteiger partial charge in [0.25, 0.3) is 0 Å². The summed E-state index contributed by atoms with van der Waals surface area (Å²) in [6, 6.07) is 36.6. The predicted molar refractivity (Wildman–Crippen MR) is 119 cm³/mol. The molecule has 0 radical (unpaired) electrons. The van der Waals surface area contributed by atoms with E-state index in [1.807, 2.05) is 13.8 Å². The lowest BCUT2D eigenvalue weighted by Gasteiger charge is -2.11. The third kappa shape index (κ3) is 4.35. The van der Waals surface area contributed by atoms with Gasteiger partial charge in [0.2, 0.25) is 0 Å². The molecule has 4 rings (SSSR count). The highest BCUT2D eigenvalue weighted by atomic mass is 14.1. The van der Waals surface area contributed by atoms with Gasteiger partial charge in [-0.1, -0.05) is 105 Å². The zero-order chi connectivity index (χ0) is 19.1. The first-order valence-electron chi connectivity index (χ1n) is 9.63. The summed E-state index contributed by atoms with van der Waals surface area (Å²) < 4.78 is 0. The lowest BCUT2D eigenvalue weighted by atomic mass is 9.94. The molecule has 0 aromatic heterocycles. The van der Waals surface area contributed by atoms with E-state index >= 15 is 0 Å². The number of hydrogen-bond acceptors (Lipinski definition) is 0. The molecule has 0 bridgehead atoms. The maximum atomic E-state index is 2.30. The maximum absolute atomic E-state index is 2.30. The predicted octanol–water partition coefficient (Wildman–Crippen LogP) is 8.02. The number of aryl methyl sites for hydroxylation is 1. The van der Waals surface area contributed by atoms with Crippen molar-refractivity contribution in [3.63, 3.8) is 0 Å². The zero-order valence-corrected chi connectivity index (χ0v) is 16.3. The first-order chi connectivity index (χ1) is 13.3. The van der Waals surface area contributed by atoms with Crippen molar-refractivity contribution in [2.75, 3.05) is 0 Å². The molecule has 0 unspecified atom stereocenters. The van der Waals surface area contributed by atoms with Gasteiger partial charge in [0.05, 0.1) is 0 Å². The fourth-order valence-corrected chi connectivity index (χ4v) is 3.24. The van der Waals surface area contributed by atoms with Crippen LogP contribution in [0.25, 0.3) is 33.4 Å². The van der Waals surface area contributed by atoms with Crippen LogP contribution in [0, 0.1) is 6.92 Å². The van der Waals surface area contributed by atoms with Gasteiger partial charge in [0.1, 0.15) is 0 Å². The quantitative estimate of drug-likeness (QED) is 0.351. The Hall–Kier alpha value is -3.12. The molecule has 0 aliphatic heterocycles. The second-order valence-electron chi connectivity index (χ2n) is 6.34. The van der Waals surface area contributed by atoms with Crippen LogP contribution >= 0.6 is 0 Å². The van der Waals surface area contributed by atoms with Crippen LogP contribution in [0.5, 0.6) is 0 Å². The molecule has 0 atom stereocenters. The topological polar surface area (TPSA) is 0 Å². The Morgan fingerprint density at radius 2 is 0.889 bits per heavy atom. The second-order valence-corrected chi connectivity index (χ2v) is 6.34. The summed E-state index contributed by atoms with van der Waals surface area (Å²) in [5.74, 6) is 0.